The molecule has 2 aromatic carbocycles. The summed E-state index contributed by atoms with van der Waals surface area (Å²) < 4.78 is 24.3. The molecular weight excluding hydrogens is 325 g/mol. The van der Waals surface area contributed by atoms with Gasteiger partial charge < -0.3 is 15.2 Å². The lowest BCUT2D eigenvalue weighted by Gasteiger charge is -2.18. The molecule has 0 aromatic heterocycles. The van der Waals surface area contributed by atoms with E-state index in [0.717, 1.165) is 11.1 Å². The fraction of sp³-hybridized carbons (Fsp3) is 0.200. The zero-order chi connectivity index (χ0) is 14.7. The molecule has 2 rings (SSSR count). The van der Waals surface area contributed by atoms with Gasteiger partial charge in [-0.05, 0) is 29.8 Å². The van der Waals surface area contributed by atoms with Crippen LogP contribution in [-0.4, -0.2) is 14.2 Å². The predicted molar refractivity (Wildman–Crippen MR) is 79.7 cm³/mol. The molecule has 0 heterocycles. The molecule has 0 fully saturated rings. The van der Waals surface area contributed by atoms with Crippen LogP contribution in [0.4, 0.5) is 4.39 Å². The third kappa shape index (κ3) is 2.94. The van der Waals surface area contributed by atoms with Gasteiger partial charge in [-0.15, -0.1) is 0 Å². The smallest absolute Gasteiger partial charge is 0.127 e. The molecule has 1 atom stereocenters. The Bertz CT molecular complexity index is 619. The molecule has 0 spiro atoms. The summed E-state index contributed by atoms with van der Waals surface area (Å²) in [6.45, 7) is 0. The first-order valence-corrected chi connectivity index (χ1v) is 6.78. The highest BCUT2D eigenvalue weighted by Gasteiger charge is 2.17. The summed E-state index contributed by atoms with van der Waals surface area (Å²) in [5, 5.41) is 0. The van der Waals surface area contributed by atoms with Crippen molar-refractivity contribution in [2.45, 2.75) is 6.04 Å². The maximum Gasteiger partial charge on any atom is 0.127 e. The van der Waals surface area contributed by atoms with Gasteiger partial charge in [0.15, 0.2) is 0 Å². The van der Waals surface area contributed by atoms with Crippen LogP contribution >= 0.6 is 15.9 Å². The van der Waals surface area contributed by atoms with Crippen LogP contribution in [0, 0.1) is 5.82 Å². The highest BCUT2D eigenvalue weighted by Crippen LogP contribution is 2.34. The van der Waals surface area contributed by atoms with Crippen molar-refractivity contribution in [1.29, 1.82) is 0 Å². The molecule has 0 saturated heterocycles. The molecule has 0 bridgehead atoms. The van der Waals surface area contributed by atoms with Crippen molar-refractivity contribution >= 4 is 15.9 Å². The van der Waals surface area contributed by atoms with Crippen LogP contribution in [0.3, 0.4) is 0 Å². The van der Waals surface area contributed by atoms with Crippen LogP contribution in [0.1, 0.15) is 17.2 Å². The molecule has 5 heteroatoms. The molecule has 2 N–H and O–H groups in total. The first-order valence-electron chi connectivity index (χ1n) is 5.99. The third-order valence-corrected chi connectivity index (χ3v) is 3.76. The van der Waals surface area contributed by atoms with Crippen LogP contribution in [0.2, 0.25) is 0 Å². The van der Waals surface area contributed by atoms with Crippen molar-refractivity contribution in [1.82, 2.24) is 0 Å². The Morgan fingerprint density at radius 3 is 2.35 bits per heavy atom. The van der Waals surface area contributed by atoms with E-state index in [4.69, 9.17) is 15.2 Å². The SMILES string of the molecule is COc1ccc(C(N)c2ccc(F)cc2Br)c(OC)c1. The first-order chi connectivity index (χ1) is 9.56. The van der Waals surface area contributed by atoms with Gasteiger partial charge in [0.2, 0.25) is 0 Å². The number of halogens is 2. The molecule has 0 aliphatic heterocycles. The zero-order valence-corrected chi connectivity index (χ0v) is 12.8. The average Bonchev–Trinajstić information content (AvgIpc) is 2.46. The Hall–Kier alpha value is -1.59. The van der Waals surface area contributed by atoms with Crippen molar-refractivity contribution in [3.8, 4) is 11.5 Å². The first kappa shape index (κ1) is 14.8. The number of methoxy groups -OCH3 is 2. The average molecular weight is 340 g/mol. The van der Waals surface area contributed by atoms with Crippen LogP contribution in [-0.2, 0) is 0 Å². The topological polar surface area (TPSA) is 44.5 Å². The molecule has 0 aliphatic carbocycles. The molecule has 1 unspecified atom stereocenters. The number of rotatable bonds is 4. The third-order valence-electron chi connectivity index (χ3n) is 3.07. The minimum atomic E-state index is -0.425. The fourth-order valence-corrected chi connectivity index (χ4v) is 2.59. The predicted octanol–water partition coefficient (Wildman–Crippen LogP) is 3.65. The minimum absolute atomic E-state index is 0.311. The Morgan fingerprint density at radius 2 is 1.75 bits per heavy atom. The summed E-state index contributed by atoms with van der Waals surface area (Å²) in [5.74, 6) is 1.01. The van der Waals surface area contributed by atoms with Gasteiger partial charge in [0, 0.05) is 16.1 Å². The van der Waals surface area contributed by atoms with Crippen molar-refractivity contribution in [3.05, 3.63) is 57.8 Å². The van der Waals surface area contributed by atoms with Gasteiger partial charge in [-0.3, -0.25) is 0 Å². The second kappa shape index (κ2) is 6.24. The van der Waals surface area contributed by atoms with Crippen molar-refractivity contribution in [2.75, 3.05) is 14.2 Å². The van der Waals surface area contributed by atoms with E-state index < -0.39 is 6.04 Å². The van der Waals surface area contributed by atoms with Crippen LogP contribution < -0.4 is 15.2 Å². The van der Waals surface area contributed by atoms with E-state index in [1.54, 1.807) is 26.4 Å². The van der Waals surface area contributed by atoms with E-state index in [-0.39, 0.29) is 5.82 Å². The van der Waals surface area contributed by atoms with Crippen molar-refractivity contribution in [3.63, 3.8) is 0 Å². The van der Waals surface area contributed by atoms with E-state index in [0.29, 0.717) is 16.0 Å². The van der Waals surface area contributed by atoms with E-state index in [1.807, 2.05) is 12.1 Å². The summed E-state index contributed by atoms with van der Waals surface area (Å²) in [7, 11) is 3.16. The highest BCUT2D eigenvalue weighted by molar-refractivity contribution is 9.10. The monoisotopic (exact) mass is 339 g/mol. The van der Waals surface area contributed by atoms with Crippen LogP contribution in [0.25, 0.3) is 0 Å². The Balaban J connectivity index is 2.44. The van der Waals surface area contributed by atoms with Gasteiger partial charge in [0.1, 0.15) is 17.3 Å². The molecule has 0 amide bonds. The molecule has 106 valence electrons. The summed E-state index contributed by atoms with van der Waals surface area (Å²) in [6, 6.07) is 9.44. The van der Waals surface area contributed by atoms with Gasteiger partial charge in [-0.25, -0.2) is 4.39 Å². The lowest BCUT2D eigenvalue weighted by atomic mass is 9.98. The molecule has 0 aliphatic rings. The van der Waals surface area contributed by atoms with Crippen LogP contribution in [0.15, 0.2) is 40.9 Å². The lowest BCUT2D eigenvalue weighted by molar-refractivity contribution is 0.390. The standard InChI is InChI=1S/C15H15BrFNO2/c1-19-10-4-6-12(14(8-10)20-2)15(18)11-5-3-9(17)7-13(11)16/h3-8,15H,18H2,1-2H3. The number of nitrogens with two attached hydrogens (primary N) is 1. The van der Waals surface area contributed by atoms with E-state index in [2.05, 4.69) is 15.9 Å². The van der Waals surface area contributed by atoms with Crippen molar-refractivity contribution < 1.29 is 13.9 Å². The molecule has 3 nitrogen and oxygen atoms in total. The second-order valence-corrected chi connectivity index (χ2v) is 5.11. The Labute approximate surface area is 125 Å². The number of hydrogen-bond donors (Lipinski definition) is 1. The lowest BCUT2D eigenvalue weighted by Crippen LogP contribution is -2.14. The summed E-state index contributed by atoms with van der Waals surface area (Å²) in [5.41, 5.74) is 7.85. The molecule has 20 heavy (non-hydrogen) atoms. The summed E-state index contributed by atoms with van der Waals surface area (Å²) >= 11 is 3.33. The van der Waals surface area contributed by atoms with Gasteiger partial charge in [-0.2, -0.15) is 0 Å². The van der Waals surface area contributed by atoms with E-state index in [1.165, 1.54) is 12.1 Å². The zero-order valence-electron chi connectivity index (χ0n) is 11.2. The van der Waals surface area contributed by atoms with Gasteiger partial charge in [0.05, 0.1) is 20.3 Å². The largest absolute Gasteiger partial charge is 0.497 e. The second-order valence-electron chi connectivity index (χ2n) is 4.25. The maximum absolute atomic E-state index is 13.1. The molecule has 0 radical (unpaired) electrons. The summed E-state index contributed by atoms with van der Waals surface area (Å²) in [4.78, 5) is 0. The normalized spacial score (nSPS) is 12.1. The number of ether oxygens (including phenoxy) is 2. The Kier molecular flexibility index (Phi) is 4.62. The van der Waals surface area contributed by atoms with Gasteiger partial charge in [0.25, 0.3) is 0 Å². The quantitative estimate of drug-likeness (QED) is 0.924. The molecule has 0 saturated carbocycles. The number of benzene rings is 2. The van der Waals surface area contributed by atoms with E-state index >= 15 is 0 Å². The van der Waals surface area contributed by atoms with Gasteiger partial charge >= 0.3 is 0 Å². The molecular formula is C15H15BrFNO2. The van der Waals surface area contributed by atoms with Gasteiger partial charge in [-0.1, -0.05) is 22.0 Å². The molecule has 2 aromatic rings. The minimum Gasteiger partial charge on any atom is -0.497 e. The maximum atomic E-state index is 13.1. The number of hydrogen-bond acceptors (Lipinski definition) is 3. The van der Waals surface area contributed by atoms with Crippen LogP contribution in [0.5, 0.6) is 11.5 Å². The van der Waals surface area contributed by atoms with Crippen molar-refractivity contribution in [2.24, 2.45) is 5.73 Å². The van der Waals surface area contributed by atoms with E-state index in [9.17, 15) is 4.39 Å². The Morgan fingerprint density at radius 1 is 1.05 bits per heavy atom. The highest BCUT2D eigenvalue weighted by atomic mass is 79.9. The fourth-order valence-electron chi connectivity index (χ4n) is 2.00. The summed E-state index contributed by atoms with van der Waals surface area (Å²) in [6.07, 6.45) is 0.